The number of pyridine rings is 1. The Morgan fingerprint density at radius 2 is 2.08 bits per heavy atom. The third-order valence-electron chi connectivity index (χ3n) is 3.90. The van der Waals surface area contributed by atoms with Crippen LogP contribution in [0.4, 0.5) is 0 Å². The number of hydrogen-bond acceptors (Lipinski definition) is 3. The first-order chi connectivity index (χ1) is 11.8. The van der Waals surface area contributed by atoms with Crippen molar-refractivity contribution < 1.29 is 9.53 Å². The number of nitrogens with zero attached hydrogens (tertiary/aromatic N) is 1. The van der Waals surface area contributed by atoms with E-state index in [4.69, 9.17) is 4.74 Å². The standard InChI is InChI=1S/C19H21N3O2/c1-2-24-19-15(6-5-11-20-19)13-22-18(23)10-9-14-12-21-17-8-4-3-7-16(14)17/h3-8,11-12,21H,2,9-10,13H2,1H3,(H,22,23). The lowest BCUT2D eigenvalue weighted by atomic mass is 10.1. The molecule has 0 spiro atoms. The van der Waals surface area contributed by atoms with Crippen molar-refractivity contribution in [1.29, 1.82) is 0 Å². The second-order valence-electron chi connectivity index (χ2n) is 5.54. The summed E-state index contributed by atoms with van der Waals surface area (Å²) in [6.07, 6.45) is 4.83. The number of H-pyrrole nitrogens is 1. The lowest BCUT2D eigenvalue weighted by molar-refractivity contribution is -0.121. The summed E-state index contributed by atoms with van der Waals surface area (Å²) in [5.41, 5.74) is 3.15. The molecule has 5 nitrogen and oxygen atoms in total. The third-order valence-corrected chi connectivity index (χ3v) is 3.90. The lowest BCUT2D eigenvalue weighted by Crippen LogP contribution is -2.23. The molecule has 124 valence electrons. The molecule has 3 aromatic rings. The maximum Gasteiger partial charge on any atom is 0.220 e. The highest BCUT2D eigenvalue weighted by Crippen LogP contribution is 2.19. The zero-order chi connectivity index (χ0) is 16.8. The number of fused-ring (bicyclic) bond motifs is 1. The first-order valence-corrected chi connectivity index (χ1v) is 8.16. The summed E-state index contributed by atoms with van der Waals surface area (Å²) >= 11 is 0. The smallest absolute Gasteiger partial charge is 0.220 e. The predicted octanol–water partition coefficient (Wildman–Crippen LogP) is 3.21. The van der Waals surface area contributed by atoms with Gasteiger partial charge < -0.3 is 15.0 Å². The summed E-state index contributed by atoms with van der Waals surface area (Å²) in [5.74, 6) is 0.600. The molecule has 2 heterocycles. The van der Waals surface area contributed by atoms with Crippen molar-refractivity contribution in [2.45, 2.75) is 26.3 Å². The Balaban J connectivity index is 1.55. The van der Waals surface area contributed by atoms with Crippen molar-refractivity contribution in [2.75, 3.05) is 6.61 Å². The van der Waals surface area contributed by atoms with Crippen LogP contribution in [-0.2, 0) is 17.8 Å². The molecule has 1 amide bonds. The van der Waals surface area contributed by atoms with Gasteiger partial charge in [-0.3, -0.25) is 4.79 Å². The fourth-order valence-corrected chi connectivity index (χ4v) is 2.69. The second kappa shape index (κ2) is 7.64. The maximum absolute atomic E-state index is 12.1. The number of rotatable bonds is 7. The number of nitrogens with one attached hydrogen (secondary N) is 2. The molecular formula is C19H21N3O2. The molecule has 1 aromatic carbocycles. The van der Waals surface area contributed by atoms with Gasteiger partial charge in [-0.15, -0.1) is 0 Å². The van der Waals surface area contributed by atoms with Gasteiger partial charge >= 0.3 is 0 Å². The molecule has 0 aliphatic heterocycles. The second-order valence-corrected chi connectivity index (χ2v) is 5.54. The summed E-state index contributed by atoms with van der Waals surface area (Å²) in [6, 6.07) is 11.9. The highest BCUT2D eigenvalue weighted by Gasteiger charge is 2.09. The van der Waals surface area contributed by atoms with Crippen molar-refractivity contribution in [3.8, 4) is 5.88 Å². The molecule has 0 unspecified atom stereocenters. The van der Waals surface area contributed by atoms with E-state index in [-0.39, 0.29) is 5.91 Å². The van der Waals surface area contributed by atoms with Gasteiger partial charge in [0.25, 0.3) is 0 Å². The van der Waals surface area contributed by atoms with Crippen LogP contribution < -0.4 is 10.1 Å². The highest BCUT2D eigenvalue weighted by atomic mass is 16.5. The lowest BCUT2D eigenvalue weighted by Gasteiger charge is -2.09. The average molecular weight is 323 g/mol. The minimum atomic E-state index is 0.0200. The van der Waals surface area contributed by atoms with Crippen molar-refractivity contribution in [3.63, 3.8) is 0 Å². The Bertz CT molecular complexity index is 826. The molecule has 0 saturated heterocycles. The Kier molecular flexibility index (Phi) is 5.11. The molecule has 0 aliphatic rings. The fraction of sp³-hybridized carbons (Fsp3) is 0.263. The van der Waals surface area contributed by atoms with Gasteiger partial charge in [-0.2, -0.15) is 0 Å². The molecule has 0 fully saturated rings. The fourth-order valence-electron chi connectivity index (χ4n) is 2.69. The minimum absolute atomic E-state index is 0.0200. The van der Waals surface area contributed by atoms with Crippen molar-refractivity contribution in [3.05, 3.63) is 59.9 Å². The molecule has 3 rings (SSSR count). The number of amides is 1. The van der Waals surface area contributed by atoms with E-state index in [1.807, 2.05) is 43.5 Å². The number of aromatic nitrogens is 2. The van der Waals surface area contributed by atoms with Crippen LogP contribution in [0.15, 0.2) is 48.8 Å². The van der Waals surface area contributed by atoms with E-state index in [1.165, 1.54) is 5.39 Å². The Morgan fingerprint density at radius 1 is 1.21 bits per heavy atom. The van der Waals surface area contributed by atoms with Crippen LogP contribution in [0.25, 0.3) is 10.9 Å². The summed E-state index contributed by atoms with van der Waals surface area (Å²) in [7, 11) is 0. The number of benzene rings is 1. The first kappa shape index (κ1) is 16.1. The quantitative estimate of drug-likeness (QED) is 0.701. The van der Waals surface area contributed by atoms with Gasteiger partial charge in [0.2, 0.25) is 11.8 Å². The average Bonchev–Trinajstić information content (AvgIpc) is 3.03. The van der Waals surface area contributed by atoms with E-state index in [0.29, 0.717) is 31.9 Å². The van der Waals surface area contributed by atoms with E-state index in [1.54, 1.807) is 6.20 Å². The first-order valence-electron chi connectivity index (χ1n) is 8.16. The van der Waals surface area contributed by atoms with E-state index < -0.39 is 0 Å². The van der Waals surface area contributed by atoms with Crippen LogP contribution in [0, 0.1) is 0 Å². The zero-order valence-corrected chi connectivity index (χ0v) is 13.7. The molecule has 0 atom stereocenters. The predicted molar refractivity (Wildman–Crippen MR) is 93.9 cm³/mol. The zero-order valence-electron chi connectivity index (χ0n) is 13.7. The Hall–Kier alpha value is -2.82. The van der Waals surface area contributed by atoms with Crippen molar-refractivity contribution >= 4 is 16.8 Å². The van der Waals surface area contributed by atoms with Crippen LogP contribution in [0.5, 0.6) is 5.88 Å². The van der Waals surface area contributed by atoms with E-state index in [2.05, 4.69) is 21.4 Å². The molecule has 0 saturated carbocycles. The molecule has 0 aliphatic carbocycles. The third kappa shape index (κ3) is 3.74. The maximum atomic E-state index is 12.1. The molecule has 0 bridgehead atoms. The molecule has 24 heavy (non-hydrogen) atoms. The van der Waals surface area contributed by atoms with Gasteiger partial charge in [0, 0.05) is 41.8 Å². The number of hydrogen-bond donors (Lipinski definition) is 2. The van der Waals surface area contributed by atoms with Crippen LogP contribution in [-0.4, -0.2) is 22.5 Å². The number of ether oxygens (including phenoxy) is 1. The Morgan fingerprint density at radius 3 is 2.96 bits per heavy atom. The molecule has 5 heteroatoms. The van der Waals surface area contributed by atoms with Crippen LogP contribution >= 0.6 is 0 Å². The highest BCUT2D eigenvalue weighted by molar-refractivity contribution is 5.84. The molecular weight excluding hydrogens is 302 g/mol. The van der Waals surface area contributed by atoms with Crippen LogP contribution in [0.3, 0.4) is 0 Å². The minimum Gasteiger partial charge on any atom is -0.478 e. The molecule has 2 aromatic heterocycles. The monoisotopic (exact) mass is 323 g/mol. The van der Waals surface area contributed by atoms with E-state index in [9.17, 15) is 4.79 Å². The normalized spacial score (nSPS) is 10.7. The largest absolute Gasteiger partial charge is 0.478 e. The summed E-state index contributed by atoms with van der Waals surface area (Å²) in [5, 5.41) is 4.12. The van der Waals surface area contributed by atoms with Crippen LogP contribution in [0.1, 0.15) is 24.5 Å². The van der Waals surface area contributed by atoms with E-state index >= 15 is 0 Å². The number of carbonyl (C=O) groups is 1. The number of carbonyl (C=O) groups excluding carboxylic acids is 1. The topological polar surface area (TPSA) is 67.0 Å². The van der Waals surface area contributed by atoms with Crippen molar-refractivity contribution in [2.24, 2.45) is 0 Å². The molecule has 2 N–H and O–H groups in total. The molecule has 0 radical (unpaired) electrons. The number of aryl methyl sites for hydroxylation is 1. The SMILES string of the molecule is CCOc1ncccc1CNC(=O)CCc1c[nH]c2ccccc12. The van der Waals surface area contributed by atoms with Gasteiger partial charge in [-0.25, -0.2) is 4.98 Å². The number of aromatic amines is 1. The van der Waals surface area contributed by atoms with Gasteiger partial charge in [-0.1, -0.05) is 24.3 Å². The van der Waals surface area contributed by atoms with Gasteiger partial charge in [0.05, 0.1) is 6.61 Å². The van der Waals surface area contributed by atoms with E-state index in [0.717, 1.165) is 16.6 Å². The van der Waals surface area contributed by atoms with Gasteiger partial charge in [0.15, 0.2) is 0 Å². The van der Waals surface area contributed by atoms with Gasteiger partial charge in [-0.05, 0) is 31.0 Å². The number of para-hydroxylation sites is 1. The van der Waals surface area contributed by atoms with Crippen molar-refractivity contribution in [1.82, 2.24) is 15.3 Å². The summed E-state index contributed by atoms with van der Waals surface area (Å²) < 4.78 is 5.47. The van der Waals surface area contributed by atoms with Crippen LogP contribution in [0.2, 0.25) is 0 Å². The Labute approximate surface area is 141 Å². The summed E-state index contributed by atoms with van der Waals surface area (Å²) in [6.45, 7) is 2.90. The van der Waals surface area contributed by atoms with Gasteiger partial charge in [0.1, 0.15) is 0 Å². The summed E-state index contributed by atoms with van der Waals surface area (Å²) in [4.78, 5) is 19.6.